The van der Waals surface area contributed by atoms with E-state index in [1.807, 2.05) is 27.7 Å². The predicted octanol–water partition coefficient (Wildman–Crippen LogP) is 2.57. The van der Waals surface area contributed by atoms with Crippen molar-refractivity contribution < 1.29 is 18.4 Å². The van der Waals surface area contributed by atoms with Gasteiger partial charge in [0, 0.05) is 24.8 Å². The second-order valence-electron chi connectivity index (χ2n) is 3.98. The van der Waals surface area contributed by atoms with Gasteiger partial charge in [0.15, 0.2) is 0 Å². The number of hydrogen-bond donors (Lipinski definition) is 0. The molecule has 106 valence electrons. The van der Waals surface area contributed by atoms with Gasteiger partial charge in [-0.2, -0.15) is 0 Å². The van der Waals surface area contributed by atoms with Gasteiger partial charge in [0.1, 0.15) is 6.10 Å². The summed E-state index contributed by atoms with van der Waals surface area (Å²) in [4.78, 5) is 11.7. The van der Waals surface area contributed by atoms with Crippen LogP contribution in [0.3, 0.4) is 0 Å². The third-order valence-corrected chi connectivity index (χ3v) is 4.97. The summed E-state index contributed by atoms with van der Waals surface area (Å²) in [6.07, 6.45) is 2.43. The van der Waals surface area contributed by atoms with Crippen molar-refractivity contribution in [3.05, 3.63) is 11.6 Å². The maximum atomic E-state index is 11.7. The minimum absolute atomic E-state index is 0.109. The summed E-state index contributed by atoms with van der Waals surface area (Å²) < 4.78 is 16.6. The number of ether oxygens (including phenoxy) is 1. The topological polar surface area (TPSA) is 44.8 Å². The number of rotatable bonds is 9. The first-order chi connectivity index (χ1) is 8.58. The monoisotopic (exact) mass is 274 g/mol. The Morgan fingerprint density at radius 2 is 1.78 bits per heavy atom. The Balaban J connectivity index is 4.34. The standard InChI is InChI=1S/C13H26O4Si/c1-6-11(5)13(14)17-12(7-2)10-18(15-8-3)16-9-4/h6,12,18H,7-10H2,1-5H3. The molecule has 0 bridgehead atoms. The molecule has 0 aliphatic carbocycles. The Bertz CT molecular complexity index is 260. The molecule has 18 heavy (non-hydrogen) atoms. The van der Waals surface area contributed by atoms with Crippen molar-refractivity contribution in [3.63, 3.8) is 0 Å². The van der Waals surface area contributed by atoms with E-state index in [1.54, 1.807) is 13.0 Å². The first-order valence-electron chi connectivity index (χ1n) is 6.65. The summed E-state index contributed by atoms with van der Waals surface area (Å²) in [5, 5.41) is 0. The zero-order chi connectivity index (χ0) is 14.0. The third-order valence-electron chi connectivity index (χ3n) is 2.64. The summed E-state index contributed by atoms with van der Waals surface area (Å²) in [5.41, 5.74) is 0.638. The fourth-order valence-electron chi connectivity index (χ4n) is 1.43. The zero-order valence-electron chi connectivity index (χ0n) is 12.2. The lowest BCUT2D eigenvalue weighted by Gasteiger charge is -2.21. The molecular weight excluding hydrogens is 248 g/mol. The van der Waals surface area contributed by atoms with E-state index in [0.29, 0.717) is 24.8 Å². The smallest absolute Gasteiger partial charge is 0.333 e. The molecule has 0 aliphatic heterocycles. The van der Waals surface area contributed by atoms with Crippen LogP contribution < -0.4 is 0 Å². The predicted molar refractivity (Wildman–Crippen MR) is 74.8 cm³/mol. The molecule has 0 saturated carbocycles. The SMILES string of the molecule is CC=C(C)C(=O)OC(CC)C[SiH](OCC)OCC. The van der Waals surface area contributed by atoms with E-state index >= 15 is 0 Å². The van der Waals surface area contributed by atoms with Crippen molar-refractivity contribution >= 4 is 15.3 Å². The van der Waals surface area contributed by atoms with E-state index in [9.17, 15) is 4.79 Å². The van der Waals surface area contributed by atoms with Crippen LogP contribution in [0, 0.1) is 0 Å². The van der Waals surface area contributed by atoms with Gasteiger partial charge in [-0.1, -0.05) is 13.0 Å². The second-order valence-corrected chi connectivity index (χ2v) is 5.98. The molecule has 0 radical (unpaired) electrons. The first-order valence-corrected chi connectivity index (χ1v) is 8.41. The van der Waals surface area contributed by atoms with Crippen molar-refractivity contribution in [1.82, 2.24) is 0 Å². The fourth-order valence-corrected chi connectivity index (χ4v) is 3.40. The summed E-state index contributed by atoms with van der Waals surface area (Å²) in [5.74, 6) is -0.245. The summed E-state index contributed by atoms with van der Waals surface area (Å²) >= 11 is 0. The molecule has 0 aliphatic rings. The maximum absolute atomic E-state index is 11.7. The molecule has 0 saturated heterocycles. The minimum atomic E-state index is -1.71. The van der Waals surface area contributed by atoms with Crippen LogP contribution in [-0.2, 0) is 18.4 Å². The lowest BCUT2D eigenvalue weighted by atomic mass is 10.3. The van der Waals surface area contributed by atoms with Crippen molar-refractivity contribution in [3.8, 4) is 0 Å². The van der Waals surface area contributed by atoms with Crippen LogP contribution in [0.2, 0.25) is 6.04 Å². The van der Waals surface area contributed by atoms with E-state index in [1.165, 1.54) is 0 Å². The first kappa shape index (κ1) is 17.3. The van der Waals surface area contributed by atoms with E-state index < -0.39 is 9.28 Å². The van der Waals surface area contributed by atoms with Gasteiger partial charge >= 0.3 is 15.3 Å². The van der Waals surface area contributed by atoms with Gasteiger partial charge in [0.25, 0.3) is 0 Å². The summed E-state index contributed by atoms with van der Waals surface area (Å²) in [6, 6.07) is 0.709. The van der Waals surface area contributed by atoms with Crippen molar-refractivity contribution in [1.29, 1.82) is 0 Å². The number of esters is 1. The molecule has 0 fully saturated rings. The lowest BCUT2D eigenvalue weighted by Crippen LogP contribution is -2.30. The highest BCUT2D eigenvalue weighted by molar-refractivity contribution is 6.44. The molecule has 0 N–H and O–H groups in total. The highest BCUT2D eigenvalue weighted by atomic mass is 28.3. The molecular formula is C13H26O4Si. The molecule has 0 aromatic heterocycles. The molecule has 1 unspecified atom stereocenters. The van der Waals surface area contributed by atoms with Crippen LogP contribution >= 0.6 is 0 Å². The number of carbonyl (C=O) groups excluding carboxylic acids is 1. The highest BCUT2D eigenvalue weighted by Crippen LogP contribution is 2.12. The van der Waals surface area contributed by atoms with Gasteiger partial charge in [-0.3, -0.25) is 0 Å². The van der Waals surface area contributed by atoms with Gasteiger partial charge < -0.3 is 13.6 Å². The average Bonchev–Trinajstić information content (AvgIpc) is 2.37. The third kappa shape index (κ3) is 6.93. The molecule has 0 rings (SSSR count). The second kappa shape index (κ2) is 10.3. The van der Waals surface area contributed by atoms with Gasteiger partial charge in [-0.15, -0.1) is 0 Å². The average molecular weight is 274 g/mol. The Labute approximate surface area is 112 Å². The van der Waals surface area contributed by atoms with E-state index in [2.05, 4.69) is 0 Å². The normalized spacial score (nSPS) is 13.8. The largest absolute Gasteiger partial charge is 0.459 e. The summed E-state index contributed by atoms with van der Waals surface area (Å²) in [6.45, 7) is 10.8. The highest BCUT2D eigenvalue weighted by Gasteiger charge is 2.22. The van der Waals surface area contributed by atoms with Crippen LogP contribution in [0.15, 0.2) is 11.6 Å². The lowest BCUT2D eigenvalue weighted by molar-refractivity contribution is -0.143. The van der Waals surface area contributed by atoms with Crippen molar-refractivity contribution in [2.75, 3.05) is 13.2 Å². The van der Waals surface area contributed by atoms with E-state index in [-0.39, 0.29) is 12.1 Å². The van der Waals surface area contributed by atoms with Gasteiger partial charge in [-0.25, -0.2) is 4.79 Å². The Hall–Kier alpha value is -0.653. The number of hydrogen-bond acceptors (Lipinski definition) is 4. The number of carbonyl (C=O) groups is 1. The molecule has 0 spiro atoms. The Morgan fingerprint density at radius 1 is 1.22 bits per heavy atom. The molecule has 0 aromatic rings. The molecule has 1 atom stereocenters. The Kier molecular flexibility index (Phi) is 9.91. The molecule has 4 nitrogen and oxygen atoms in total. The minimum Gasteiger partial charge on any atom is -0.459 e. The molecule has 5 heteroatoms. The number of allylic oxidation sites excluding steroid dienone is 1. The zero-order valence-corrected chi connectivity index (χ0v) is 13.3. The van der Waals surface area contributed by atoms with E-state index in [4.69, 9.17) is 13.6 Å². The molecule has 0 amide bonds. The van der Waals surface area contributed by atoms with Gasteiger partial charge in [0.2, 0.25) is 0 Å². The van der Waals surface area contributed by atoms with E-state index in [0.717, 1.165) is 6.42 Å². The summed E-state index contributed by atoms with van der Waals surface area (Å²) in [7, 11) is -1.71. The van der Waals surface area contributed by atoms with Crippen LogP contribution in [0.5, 0.6) is 0 Å². The van der Waals surface area contributed by atoms with Crippen molar-refractivity contribution in [2.24, 2.45) is 0 Å². The Morgan fingerprint density at radius 3 is 2.17 bits per heavy atom. The quantitative estimate of drug-likeness (QED) is 0.368. The fraction of sp³-hybridized carbons (Fsp3) is 0.769. The van der Waals surface area contributed by atoms with Crippen LogP contribution in [-0.4, -0.2) is 34.6 Å². The molecule has 0 aromatic carbocycles. The van der Waals surface area contributed by atoms with Crippen LogP contribution in [0.1, 0.15) is 41.0 Å². The van der Waals surface area contributed by atoms with Gasteiger partial charge in [0.05, 0.1) is 0 Å². The van der Waals surface area contributed by atoms with Crippen molar-refractivity contribution in [2.45, 2.75) is 53.2 Å². The van der Waals surface area contributed by atoms with Crippen LogP contribution in [0.25, 0.3) is 0 Å². The maximum Gasteiger partial charge on any atom is 0.333 e. The van der Waals surface area contributed by atoms with Crippen LogP contribution in [0.4, 0.5) is 0 Å². The molecule has 0 heterocycles. The van der Waals surface area contributed by atoms with Gasteiger partial charge in [-0.05, 0) is 34.1 Å².